The van der Waals surface area contributed by atoms with Gasteiger partial charge in [0.2, 0.25) is 0 Å². The van der Waals surface area contributed by atoms with Gasteiger partial charge in [-0.15, -0.1) is 0 Å². The Balaban J connectivity index is 2.18. The summed E-state index contributed by atoms with van der Waals surface area (Å²) < 4.78 is 0. The molecule has 3 atom stereocenters. The Bertz CT molecular complexity index is 338. The van der Waals surface area contributed by atoms with Crippen molar-refractivity contribution >= 4 is 11.3 Å². The van der Waals surface area contributed by atoms with Crippen LogP contribution in [0.15, 0.2) is 16.8 Å². The van der Waals surface area contributed by atoms with E-state index in [0.29, 0.717) is 6.54 Å². The van der Waals surface area contributed by atoms with Crippen molar-refractivity contribution in [3.63, 3.8) is 0 Å². The normalized spacial score (nSPS) is 31.4. The molecule has 1 aromatic rings. The molecule has 0 amide bonds. The van der Waals surface area contributed by atoms with Crippen LogP contribution in [0.3, 0.4) is 0 Å². The zero-order chi connectivity index (χ0) is 12.3. The smallest absolute Gasteiger partial charge is 0.0866 e. The lowest BCUT2D eigenvalue weighted by atomic mass is 9.65. The summed E-state index contributed by atoms with van der Waals surface area (Å²) in [7, 11) is 0. The molecule has 3 unspecified atom stereocenters. The Kier molecular flexibility index (Phi) is 4.23. The van der Waals surface area contributed by atoms with Gasteiger partial charge >= 0.3 is 0 Å². The third-order valence-corrected chi connectivity index (χ3v) is 5.11. The second-order valence-corrected chi connectivity index (χ2v) is 6.18. The van der Waals surface area contributed by atoms with Crippen molar-refractivity contribution in [2.75, 3.05) is 6.54 Å². The largest absolute Gasteiger partial charge is 0.388 e. The minimum atomic E-state index is -0.381. The minimum Gasteiger partial charge on any atom is -0.388 e. The Labute approximate surface area is 108 Å². The zero-order valence-corrected chi connectivity index (χ0v) is 11.4. The molecule has 3 N–H and O–H groups in total. The summed E-state index contributed by atoms with van der Waals surface area (Å²) in [5.74, 6) is 0.737. The number of thiophene rings is 1. The van der Waals surface area contributed by atoms with E-state index in [-0.39, 0.29) is 11.5 Å². The monoisotopic (exact) mass is 253 g/mol. The first kappa shape index (κ1) is 13.1. The fraction of sp³-hybridized carbons (Fsp3) is 0.714. The quantitative estimate of drug-likeness (QED) is 0.864. The van der Waals surface area contributed by atoms with Crippen molar-refractivity contribution in [1.29, 1.82) is 0 Å². The lowest BCUT2D eigenvalue weighted by molar-refractivity contribution is -0.0159. The summed E-state index contributed by atoms with van der Waals surface area (Å²) in [5.41, 5.74) is 6.98. The summed E-state index contributed by atoms with van der Waals surface area (Å²) >= 11 is 1.65. The van der Waals surface area contributed by atoms with Crippen molar-refractivity contribution in [1.82, 2.24) is 0 Å². The number of nitrogens with two attached hydrogens (primary N) is 1. The average Bonchev–Trinajstić information content (AvgIpc) is 2.91. The highest BCUT2D eigenvalue weighted by molar-refractivity contribution is 7.07. The van der Waals surface area contributed by atoms with Gasteiger partial charge in [-0.3, -0.25) is 0 Å². The summed E-state index contributed by atoms with van der Waals surface area (Å²) in [6.45, 7) is 2.84. The van der Waals surface area contributed by atoms with Crippen LogP contribution < -0.4 is 5.73 Å². The van der Waals surface area contributed by atoms with Crippen LogP contribution >= 0.6 is 11.3 Å². The van der Waals surface area contributed by atoms with E-state index < -0.39 is 0 Å². The molecule has 0 saturated heterocycles. The number of aliphatic hydroxyl groups is 1. The van der Waals surface area contributed by atoms with E-state index in [1.807, 2.05) is 11.4 Å². The fourth-order valence-corrected chi connectivity index (χ4v) is 3.88. The Morgan fingerprint density at radius 2 is 2.47 bits per heavy atom. The SMILES string of the molecule is CCC1CCCC(CN)(C(O)c2ccsc2)C1. The van der Waals surface area contributed by atoms with Gasteiger partial charge in [0, 0.05) is 12.0 Å². The van der Waals surface area contributed by atoms with E-state index in [0.717, 1.165) is 24.3 Å². The third-order valence-electron chi connectivity index (χ3n) is 4.41. The second-order valence-electron chi connectivity index (χ2n) is 5.40. The molecule has 0 spiro atoms. The van der Waals surface area contributed by atoms with Crippen LogP contribution in [0.1, 0.15) is 50.7 Å². The summed E-state index contributed by atoms with van der Waals surface area (Å²) in [6.07, 6.45) is 5.48. The highest BCUT2D eigenvalue weighted by atomic mass is 32.1. The maximum atomic E-state index is 10.6. The number of rotatable bonds is 4. The number of hydrogen-bond acceptors (Lipinski definition) is 3. The van der Waals surface area contributed by atoms with E-state index in [1.54, 1.807) is 11.3 Å². The van der Waals surface area contributed by atoms with E-state index >= 15 is 0 Å². The standard InChI is InChI=1S/C14H23NOS/c1-2-11-4-3-6-14(8-11,10-15)13(16)12-5-7-17-9-12/h5,7,9,11,13,16H,2-4,6,8,10,15H2,1H3. The van der Waals surface area contributed by atoms with Crippen LogP contribution in [0.25, 0.3) is 0 Å². The van der Waals surface area contributed by atoms with Crippen LogP contribution in [0.5, 0.6) is 0 Å². The van der Waals surface area contributed by atoms with Crippen LogP contribution in [-0.2, 0) is 0 Å². The molecule has 0 aliphatic heterocycles. The third kappa shape index (κ3) is 2.56. The molecule has 0 radical (unpaired) electrons. The predicted octanol–water partition coefficient (Wildman–Crippen LogP) is 3.33. The van der Waals surface area contributed by atoms with Gasteiger partial charge in [0.1, 0.15) is 0 Å². The van der Waals surface area contributed by atoms with Gasteiger partial charge in [-0.2, -0.15) is 11.3 Å². The molecule has 2 nitrogen and oxygen atoms in total. The van der Waals surface area contributed by atoms with Crippen molar-refractivity contribution in [2.45, 2.75) is 45.1 Å². The molecule has 17 heavy (non-hydrogen) atoms. The first-order valence-corrected chi connectivity index (χ1v) is 7.56. The highest BCUT2D eigenvalue weighted by Crippen LogP contribution is 2.48. The molecule has 96 valence electrons. The topological polar surface area (TPSA) is 46.2 Å². The number of aliphatic hydroxyl groups excluding tert-OH is 1. The van der Waals surface area contributed by atoms with Crippen molar-refractivity contribution in [3.8, 4) is 0 Å². The fourth-order valence-electron chi connectivity index (χ4n) is 3.20. The van der Waals surface area contributed by atoms with Gasteiger partial charge in [0.25, 0.3) is 0 Å². The second kappa shape index (κ2) is 5.51. The van der Waals surface area contributed by atoms with Gasteiger partial charge in [0.05, 0.1) is 6.10 Å². The summed E-state index contributed by atoms with van der Waals surface area (Å²) in [5, 5.41) is 14.7. The van der Waals surface area contributed by atoms with Gasteiger partial charge in [0.15, 0.2) is 0 Å². The van der Waals surface area contributed by atoms with Gasteiger partial charge in [-0.25, -0.2) is 0 Å². The lowest BCUT2D eigenvalue weighted by Crippen LogP contribution is -2.40. The van der Waals surface area contributed by atoms with Crippen LogP contribution in [0, 0.1) is 11.3 Å². The molecule has 1 heterocycles. The highest BCUT2D eigenvalue weighted by Gasteiger charge is 2.41. The van der Waals surface area contributed by atoms with Gasteiger partial charge in [-0.1, -0.05) is 26.2 Å². The maximum absolute atomic E-state index is 10.6. The van der Waals surface area contributed by atoms with E-state index in [9.17, 15) is 5.11 Å². The molecule has 0 bridgehead atoms. The first-order chi connectivity index (χ1) is 8.22. The molecule has 1 aliphatic carbocycles. The molecule has 1 saturated carbocycles. The molecule has 1 fully saturated rings. The first-order valence-electron chi connectivity index (χ1n) is 6.62. The lowest BCUT2D eigenvalue weighted by Gasteiger charge is -2.43. The molecular formula is C14H23NOS. The van der Waals surface area contributed by atoms with Crippen molar-refractivity contribution < 1.29 is 5.11 Å². The summed E-state index contributed by atoms with van der Waals surface area (Å²) in [6, 6.07) is 2.03. The molecule has 1 aliphatic rings. The van der Waals surface area contributed by atoms with Crippen molar-refractivity contribution in [3.05, 3.63) is 22.4 Å². The van der Waals surface area contributed by atoms with Crippen LogP contribution in [0.4, 0.5) is 0 Å². The maximum Gasteiger partial charge on any atom is 0.0866 e. The molecule has 0 aromatic carbocycles. The Hall–Kier alpha value is -0.380. The average molecular weight is 253 g/mol. The van der Waals surface area contributed by atoms with E-state index in [4.69, 9.17) is 5.73 Å². The zero-order valence-electron chi connectivity index (χ0n) is 10.6. The molecule has 2 rings (SSSR count). The Morgan fingerprint density at radius 3 is 3.06 bits per heavy atom. The van der Waals surface area contributed by atoms with Gasteiger partial charge < -0.3 is 10.8 Å². The van der Waals surface area contributed by atoms with Gasteiger partial charge in [-0.05, 0) is 41.1 Å². The minimum absolute atomic E-state index is 0.0833. The number of hydrogen-bond donors (Lipinski definition) is 2. The van der Waals surface area contributed by atoms with E-state index in [1.165, 1.54) is 19.3 Å². The molecule has 1 aromatic heterocycles. The van der Waals surface area contributed by atoms with E-state index in [2.05, 4.69) is 12.3 Å². The van der Waals surface area contributed by atoms with Crippen LogP contribution in [-0.4, -0.2) is 11.7 Å². The predicted molar refractivity (Wildman–Crippen MR) is 73.0 cm³/mol. The molecule has 3 heteroatoms. The van der Waals surface area contributed by atoms with Crippen molar-refractivity contribution in [2.24, 2.45) is 17.1 Å². The Morgan fingerprint density at radius 1 is 1.65 bits per heavy atom. The summed E-state index contributed by atoms with van der Waals surface area (Å²) in [4.78, 5) is 0. The van der Waals surface area contributed by atoms with Crippen LogP contribution in [0.2, 0.25) is 0 Å². The molecular weight excluding hydrogens is 230 g/mol.